The molecular formula is C24H28N4O4. The smallest absolute Gasteiger partial charge is 0.322 e. The van der Waals surface area contributed by atoms with Gasteiger partial charge in [-0.1, -0.05) is 36.4 Å². The molecule has 2 heterocycles. The number of urea groups is 1. The molecule has 3 atom stereocenters. The Bertz CT molecular complexity index is 1040. The third-order valence-electron chi connectivity index (χ3n) is 6.54. The van der Waals surface area contributed by atoms with E-state index in [-0.39, 0.29) is 11.9 Å². The molecule has 0 bridgehead atoms. The van der Waals surface area contributed by atoms with E-state index in [1.165, 1.54) is 6.92 Å². The zero-order chi connectivity index (χ0) is 23.0. The van der Waals surface area contributed by atoms with Crippen LogP contribution < -0.4 is 10.6 Å². The van der Waals surface area contributed by atoms with E-state index < -0.39 is 23.6 Å². The van der Waals surface area contributed by atoms with Crippen LogP contribution in [0.5, 0.6) is 0 Å². The molecule has 8 nitrogen and oxygen atoms in total. The standard InChI is InChI=1S/C24H28N4O4/c1-24(22(31)25-23(32)26-24)20(29)17-8-4-15(5-9-17)16-6-10-18(11-7-16)21(30)28(3)19-12-13-27(2)14-19/h4-11,19-20,29H,12-14H2,1-3H3,(H2,25,26,31,32). The molecule has 2 aromatic carbocycles. The van der Waals surface area contributed by atoms with E-state index in [0.717, 1.165) is 30.6 Å². The number of likely N-dealkylation sites (tertiary alicyclic amines) is 1. The van der Waals surface area contributed by atoms with E-state index in [0.29, 0.717) is 11.1 Å². The van der Waals surface area contributed by atoms with E-state index in [1.54, 1.807) is 12.1 Å². The molecule has 0 saturated carbocycles. The fourth-order valence-corrected chi connectivity index (χ4v) is 4.34. The van der Waals surface area contributed by atoms with Crippen LogP contribution >= 0.6 is 0 Å². The van der Waals surface area contributed by atoms with Crippen LogP contribution in [0.25, 0.3) is 11.1 Å². The summed E-state index contributed by atoms with van der Waals surface area (Å²) in [5.74, 6) is -0.547. The second kappa shape index (κ2) is 8.37. The van der Waals surface area contributed by atoms with Crippen LogP contribution in [0.3, 0.4) is 0 Å². The van der Waals surface area contributed by atoms with Gasteiger partial charge in [0.2, 0.25) is 0 Å². The van der Waals surface area contributed by atoms with Gasteiger partial charge in [-0.25, -0.2) is 4.79 Å². The minimum atomic E-state index is -1.42. The fourth-order valence-electron chi connectivity index (χ4n) is 4.34. The van der Waals surface area contributed by atoms with Crippen LogP contribution in [0.4, 0.5) is 4.79 Å². The van der Waals surface area contributed by atoms with Crippen molar-refractivity contribution in [2.24, 2.45) is 0 Å². The predicted molar refractivity (Wildman–Crippen MR) is 120 cm³/mol. The summed E-state index contributed by atoms with van der Waals surface area (Å²) in [5.41, 5.74) is 1.60. The molecule has 0 aliphatic carbocycles. The second-order valence-corrected chi connectivity index (χ2v) is 8.83. The van der Waals surface area contributed by atoms with Crippen LogP contribution in [0.1, 0.15) is 35.4 Å². The van der Waals surface area contributed by atoms with E-state index in [4.69, 9.17) is 0 Å². The molecule has 2 aromatic rings. The predicted octanol–water partition coefficient (Wildman–Crippen LogP) is 1.76. The molecule has 2 fully saturated rings. The largest absolute Gasteiger partial charge is 0.385 e. The highest BCUT2D eigenvalue weighted by molar-refractivity contribution is 6.07. The quantitative estimate of drug-likeness (QED) is 0.620. The van der Waals surface area contributed by atoms with Gasteiger partial charge in [0.05, 0.1) is 0 Å². The maximum Gasteiger partial charge on any atom is 0.322 e. The molecule has 3 unspecified atom stereocenters. The van der Waals surface area contributed by atoms with Crippen molar-refractivity contribution in [2.75, 3.05) is 27.2 Å². The van der Waals surface area contributed by atoms with Crippen molar-refractivity contribution >= 4 is 17.8 Å². The van der Waals surface area contributed by atoms with Crippen molar-refractivity contribution in [3.63, 3.8) is 0 Å². The van der Waals surface area contributed by atoms with Gasteiger partial charge in [-0.15, -0.1) is 0 Å². The van der Waals surface area contributed by atoms with Crippen molar-refractivity contribution in [3.8, 4) is 11.1 Å². The minimum absolute atomic E-state index is 0.0143. The number of imide groups is 1. The number of hydrogen-bond acceptors (Lipinski definition) is 5. The summed E-state index contributed by atoms with van der Waals surface area (Å²) in [6.07, 6.45) is -0.201. The number of likely N-dealkylation sites (N-methyl/N-ethyl adjacent to an activating group) is 2. The highest BCUT2D eigenvalue weighted by atomic mass is 16.3. The lowest BCUT2D eigenvalue weighted by atomic mass is 9.88. The number of carbonyl (C=O) groups excluding carboxylic acids is 3. The Morgan fingerprint density at radius 1 is 1.12 bits per heavy atom. The van der Waals surface area contributed by atoms with E-state index in [9.17, 15) is 19.5 Å². The summed E-state index contributed by atoms with van der Waals surface area (Å²) >= 11 is 0. The van der Waals surface area contributed by atoms with Gasteiger partial charge in [0.15, 0.2) is 0 Å². The average molecular weight is 437 g/mol. The SMILES string of the molecule is CN1CCC(N(C)C(=O)c2ccc(-c3ccc(C(O)C4(C)NC(=O)NC4=O)cc3)cc2)C1. The van der Waals surface area contributed by atoms with Crippen LogP contribution in [-0.2, 0) is 4.79 Å². The van der Waals surface area contributed by atoms with Gasteiger partial charge >= 0.3 is 6.03 Å². The van der Waals surface area contributed by atoms with Gasteiger partial charge in [-0.2, -0.15) is 0 Å². The minimum Gasteiger partial charge on any atom is -0.385 e. The number of benzene rings is 2. The summed E-state index contributed by atoms with van der Waals surface area (Å²) < 4.78 is 0. The van der Waals surface area contributed by atoms with Gasteiger partial charge in [0.1, 0.15) is 11.6 Å². The van der Waals surface area contributed by atoms with Gasteiger partial charge in [0, 0.05) is 25.2 Å². The van der Waals surface area contributed by atoms with E-state index in [2.05, 4.69) is 22.6 Å². The number of hydrogen-bond donors (Lipinski definition) is 3. The Balaban J connectivity index is 1.46. The van der Waals surface area contributed by atoms with Crippen molar-refractivity contribution in [2.45, 2.75) is 31.0 Å². The summed E-state index contributed by atoms with van der Waals surface area (Å²) in [5, 5.41) is 15.3. The lowest BCUT2D eigenvalue weighted by molar-refractivity contribution is -0.127. The van der Waals surface area contributed by atoms with Crippen molar-refractivity contribution < 1.29 is 19.5 Å². The first-order valence-corrected chi connectivity index (χ1v) is 10.7. The number of nitrogens with one attached hydrogen (secondary N) is 2. The molecule has 4 rings (SSSR count). The summed E-state index contributed by atoms with van der Waals surface area (Å²) in [4.78, 5) is 40.4. The fraction of sp³-hybridized carbons (Fsp3) is 0.375. The highest BCUT2D eigenvalue weighted by Crippen LogP contribution is 2.30. The molecule has 168 valence electrons. The van der Waals surface area contributed by atoms with Gasteiger partial charge < -0.3 is 20.2 Å². The summed E-state index contributed by atoms with van der Waals surface area (Å²) in [6, 6.07) is 14.2. The molecular weight excluding hydrogens is 408 g/mol. The van der Waals surface area contributed by atoms with Gasteiger partial charge in [-0.05, 0) is 55.8 Å². The molecule has 3 N–H and O–H groups in total. The lowest BCUT2D eigenvalue weighted by Crippen LogP contribution is -2.49. The zero-order valence-corrected chi connectivity index (χ0v) is 18.5. The maximum atomic E-state index is 12.8. The molecule has 2 aliphatic rings. The Morgan fingerprint density at radius 2 is 1.72 bits per heavy atom. The third kappa shape index (κ3) is 3.99. The van der Waals surface area contributed by atoms with Crippen molar-refractivity contribution in [3.05, 3.63) is 59.7 Å². The highest BCUT2D eigenvalue weighted by Gasteiger charge is 2.48. The molecule has 2 aliphatic heterocycles. The molecule has 4 amide bonds. The van der Waals surface area contributed by atoms with Crippen molar-refractivity contribution in [1.29, 1.82) is 0 Å². The number of aliphatic hydroxyl groups is 1. The van der Waals surface area contributed by atoms with Crippen LogP contribution in [0, 0.1) is 0 Å². The average Bonchev–Trinajstić information content (AvgIpc) is 3.34. The third-order valence-corrected chi connectivity index (χ3v) is 6.54. The van der Waals surface area contributed by atoms with Crippen molar-refractivity contribution in [1.82, 2.24) is 20.4 Å². The van der Waals surface area contributed by atoms with E-state index >= 15 is 0 Å². The van der Waals surface area contributed by atoms with Crippen LogP contribution in [-0.4, -0.2) is 71.5 Å². The number of rotatable bonds is 5. The second-order valence-electron chi connectivity index (χ2n) is 8.83. The molecule has 8 heteroatoms. The number of carbonyl (C=O) groups is 3. The first-order chi connectivity index (χ1) is 15.2. The number of aliphatic hydroxyl groups excluding tert-OH is 1. The monoisotopic (exact) mass is 436 g/mol. The van der Waals surface area contributed by atoms with Gasteiger partial charge in [0.25, 0.3) is 11.8 Å². The molecule has 0 radical (unpaired) electrons. The summed E-state index contributed by atoms with van der Waals surface area (Å²) in [6.45, 7) is 3.38. The normalized spacial score (nSPS) is 24.2. The number of amides is 4. The van der Waals surface area contributed by atoms with Crippen LogP contribution in [0.15, 0.2) is 48.5 Å². The van der Waals surface area contributed by atoms with Gasteiger partial charge in [-0.3, -0.25) is 14.9 Å². The first-order valence-electron chi connectivity index (χ1n) is 10.7. The first kappa shape index (κ1) is 22.0. The maximum absolute atomic E-state index is 12.8. The van der Waals surface area contributed by atoms with E-state index in [1.807, 2.05) is 48.3 Å². The Morgan fingerprint density at radius 3 is 2.22 bits per heavy atom. The topological polar surface area (TPSA) is 102 Å². The molecule has 0 aromatic heterocycles. The molecule has 0 spiro atoms. The Labute approximate surface area is 187 Å². The summed E-state index contributed by atoms with van der Waals surface area (Å²) in [7, 11) is 3.92. The Hall–Kier alpha value is -3.23. The number of nitrogens with zero attached hydrogens (tertiary/aromatic N) is 2. The molecule has 2 saturated heterocycles. The Kier molecular flexibility index (Phi) is 5.75. The zero-order valence-electron chi connectivity index (χ0n) is 18.5. The van der Waals surface area contributed by atoms with Crippen LogP contribution in [0.2, 0.25) is 0 Å². The molecule has 32 heavy (non-hydrogen) atoms. The lowest BCUT2D eigenvalue weighted by Gasteiger charge is -2.27.